The molecule has 4 rings (SSSR count). The third-order valence-corrected chi connectivity index (χ3v) is 6.47. The van der Waals surface area contributed by atoms with Crippen molar-refractivity contribution in [1.29, 1.82) is 0 Å². The summed E-state index contributed by atoms with van der Waals surface area (Å²) < 4.78 is 68.5. The van der Waals surface area contributed by atoms with Crippen LogP contribution in [0.15, 0.2) is 54.9 Å². The normalized spacial score (nSPS) is 12.0. The summed E-state index contributed by atoms with van der Waals surface area (Å²) in [6.45, 7) is 14.2. The van der Waals surface area contributed by atoms with Crippen molar-refractivity contribution in [3.05, 3.63) is 118 Å². The minimum absolute atomic E-state index is 0. The van der Waals surface area contributed by atoms with Crippen LogP contribution in [0.1, 0.15) is 55.9 Å². The SMILES string of the molecule is [C-]#[N+]c1c(F)c[c-]c(-c2cccc(C(C)(C)c3cncc(C(C)(C)c4[c-]ccc(C(F)(F)F)c4)n3)n2)c1F.[Pt+2]. The van der Waals surface area contributed by atoms with E-state index in [4.69, 9.17) is 11.6 Å². The van der Waals surface area contributed by atoms with Crippen LogP contribution in [-0.2, 0) is 38.1 Å². The number of aromatic nitrogens is 3. The van der Waals surface area contributed by atoms with Crippen LogP contribution in [-0.4, -0.2) is 15.0 Å². The van der Waals surface area contributed by atoms with E-state index in [-0.39, 0.29) is 32.3 Å². The van der Waals surface area contributed by atoms with Crippen LogP contribution >= 0.6 is 0 Å². The Labute approximate surface area is 237 Å². The first-order valence-corrected chi connectivity index (χ1v) is 11.4. The second-order valence-electron chi connectivity index (χ2n) is 9.72. The number of alkyl halides is 3. The van der Waals surface area contributed by atoms with Gasteiger partial charge in [-0.05, 0) is 25.6 Å². The van der Waals surface area contributed by atoms with Gasteiger partial charge in [0, 0.05) is 40.6 Å². The van der Waals surface area contributed by atoms with Gasteiger partial charge in [-0.25, -0.2) is 0 Å². The quantitative estimate of drug-likeness (QED) is 0.158. The molecule has 0 unspecified atom stereocenters. The van der Waals surface area contributed by atoms with Crippen molar-refractivity contribution in [2.45, 2.75) is 44.7 Å². The molecule has 0 spiro atoms. The smallest absolute Gasteiger partial charge is 0.300 e. The number of hydrogen-bond acceptors (Lipinski definition) is 3. The molecule has 10 heteroatoms. The molecule has 0 aliphatic heterocycles. The van der Waals surface area contributed by atoms with E-state index in [9.17, 15) is 22.0 Å². The molecule has 0 radical (unpaired) electrons. The predicted octanol–water partition coefficient (Wildman–Crippen LogP) is 7.64. The Morgan fingerprint density at radius 2 is 1.54 bits per heavy atom. The number of halogens is 5. The van der Waals surface area contributed by atoms with E-state index < -0.39 is 39.9 Å². The van der Waals surface area contributed by atoms with Gasteiger partial charge in [0.15, 0.2) is 5.69 Å². The van der Waals surface area contributed by atoms with Crippen molar-refractivity contribution in [1.82, 2.24) is 15.0 Å². The van der Waals surface area contributed by atoms with Gasteiger partial charge in [-0.3, -0.25) is 23.6 Å². The monoisotopic (exact) mass is 715 g/mol. The molecule has 2 aromatic heterocycles. The number of hydrogen-bond donors (Lipinski definition) is 0. The second-order valence-corrected chi connectivity index (χ2v) is 9.72. The molecule has 0 aliphatic carbocycles. The van der Waals surface area contributed by atoms with Crippen LogP contribution in [0.2, 0.25) is 0 Å². The van der Waals surface area contributed by atoms with Gasteiger partial charge in [0.25, 0.3) is 0 Å². The molecule has 2 heterocycles. The van der Waals surface area contributed by atoms with E-state index >= 15 is 0 Å². The molecule has 0 saturated heterocycles. The predicted molar refractivity (Wildman–Crippen MR) is 131 cm³/mol. The summed E-state index contributed by atoms with van der Waals surface area (Å²) in [5.41, 5.74) is -1.66. The summed E-state index contributed by atoms with van der Waals surface area (Å²) in [6.07, 6.45) is -1.47. The molecule has 0 saturated carbocycles. The molecule has 4 aromatic rings. The number of nitrogens with zero attached hydrogens (tertiary/aromatic N) is 4. The summed E-state index contributed by atoms with van der Waals surface area (Å²) in [7, 11) is 0. The molecule has 0 amide bonds. The van der Waals surface area contributed by atoms with E-state index in [0.29, 0.717) is 22.6 Å². The Hall–Kier alpha value is -3.50. The molecule has 0 aliphatic rings. The van der Waals surface area contributed by atoms with Gasteiger partial charge in [0.2, 0.25) is 0 Å². The second kappa shape index (κ2) is 10.9. The Bertz CT molecular complexity index is 1560. The third-order valence-electron chi connectivity index (χ3n) is 6.47. The molecule has 0 bridgehead atoms. The van der Waals surface area contributed by atoms with Gasteiger partial charge in [-0.1, -0.05) is 31.5 Å². The zero-order valence-electron chi connectivity index (χ0n) is 21.2. The van der Waals surface area contributed by atoms with Gasteiger partial charge >= 0.3 is 27.2 Å². The Morgan fingerprint density at radius 1 is 0.872 bits per heavy atom. The summed E-state index contributed by atoms with van der Waals surface area (Å²) in [6, 6.07) is 14.4. The van der Waals surface area contributed by atoms with Crippen molar-refractivity contribution in [3.8, 4) is 11.3 Å². The maximum absolute atomic E-state index is 14.8. The van der Waals surface area contributed by atoms with Crippen LogP contribution in [0.3, 0.4) is 0 Å². The fourth-order valence-electron chi connectivity index (χ4n) is 3.94. The maximum atomic E-state index is 14.8. The zero-order chi connectivity index (χ0) is 27.9. The van der Waals surface area contributed by atoms with Gasteiger partial charge in [-0.15, -0.1) is 17.7 Å². The van der Waals surface area contributed by atoms with Crippen molar-refractivity contribution >= 4 is 5.69 Å². The third kappa shape index (κ3) is 5.77. The minimum atomic E-state index is -4.50. The topological polar surface area (TPSA) is 43.0 Å². The fraction of sp³-hybridized carbons (Fsp3) is 0.241. The van der Waals surface area contributed by atoms with E-state index in [0.717, 1.165) is 18.2 Å². The van der Waals surface area contributed by atoms with Crippen LogP contribution in [0.25, 0.3) is 16.1 Å². The van der Waals surface area contributed by atoms with Crippen molar-refractivity contribution in [2.24, 2.45) is 0 Å². The van der Waals surface area contributed by atoms with Gasteiger partial charge in [0.05, 0.1) is 18.0 Å². The molecular weight excluding hydrogens is 694 g/mol. The number of pyridine rings is 1. The molecule has 4 nitrogen and oxygen atoms in total. The average Bonchev–Trinajstić information content (AvgIpc) is 2.89. The number of rotatable bonds is 5. The Kier molecular flexibility index (Phi) is 8.42. The Balaban J connectivity index is 0.00000420. The van der Waals surface area contributed by atoms with Crippen molar-refractivity contribution < 1.29 is 43.0 Å². The summed E-state index contributed by atoms with van der Waals surface area (Å²) in [5, 5.41) is 0. The first-order valence-electron chi connectivity index (χ1n) is 11.4. The molecule has 39 heavy (non-hydrogen) atoms. The molecule has 202 valence electrons. The fourth-order valence-corrected chi connectivity index (χ4v) is 3.94. The summed E-state index contributed by atoms with van der Waals surface area (Å²) in [5.74, 6) is -2.06. The van der Waals surface area contributed by atoms with E-state index in [1.165, 1.54) is 24.5 Å². The van der Waals surface area contributed by atoms with Crippen molar-refractivity contribution in [2.75, 3.05) is 0 Å². The molecule has 2 aromatic carbocycles. The summed E-state index contributed by atoms with van der Waals surface area (Å²) in [4.78, 5) is 16.5. The average molecular weight is 716 g/mol. The first-order chi connectivity index (χ1) is 17.8. The summed E-state index contributed by atoms with van der Waals surface area (Å²) >= 11 is 0. The Morgan fingerprint density at radius 3 is 2.18 bits per heavy atom. The van der Waals surface area contributed by atoms with Crippen LogP contribution in [0.5, 0.6) is 0 Å². The van der Waals surface area contributed by atoms with E-state index in [1.807, 2.05) is 13.8 Å². The van der Waals surface area contributed by atoms with Gasteiger partial charge in [-0.2, -0.15) is 43.0 Å². The molecule has 0 atom stereocenters. The zero-order valence-corrected chi connectivity index (χ0v) is 23.5. The van der Waals surface area contributed by atoms with Crippen LogP contribution in [0.4, 0.5) is 27.6 Å². The van der Waals surface area contributed by atoms with Gasteiger partial charge in [0.1, 0.15) is 0 Å². The van der Waals surface area contributed by atoms with Crippen molar-refractivity contribution in [3.63, 3.8) is 0 Å². The maximum Gasteiger partial charge on any atom is 2.00 e. The largest absolute Gasteiger partial charge is 2.00 e. The number of benzene rings is 2. The van der Waals surface area contributed by atoms with Gasteiger partial charge < -0.3 is 4.98 Å². The van der Waals surface area contributed by atoms with Crippen LogP contribution < -0.4 is 0 Å². The minimum Gasteiger partial charge on any atom is -0.300 e. The van der Waals surface area contributed by atoms with E-state index in [1.54, 1.807) is 26.0 Å². The van der Waals surface area contributed by atoms with E-state index in [2.05, 4.69) is 26.9 Å². The first kappa shape index (κ1) is 30.0. The molecule has 0 N–H and O–H groups in total. The van der Waals surface area contributed by atoms with Crippen LogP contribution in [0, 0.1) is 30.3 Å². The molecule has 0 fully saturated rings. The standard InChI is InChI=1S/C29H21F5N4.Pt/c1-27(2,17-8-6-9-18(14-17)29(32,33)34)23-15-36-16-24(38-23)28(3,4)22-11-7-10-21(37-22)19-12-13-20(30)26(35-5)25(19)31;/h6-7,9-11,13-16H,1-4H3;/q-2;+2. The molecular formula is C29H21F5N4Pt.